The van der Waals surface area contributed by atoms with Gasteiger partial charge in [0.2, 0.25) is 0 Å². The fourth-order valence-corrected chi connectivity index (χ4v) is 3.45. The molecule has 1 fully saturated rings. The Kier molecular flexibility index (Phi) is 6.94. The molecule has 4 nitrogen and oxygen atoms in total. The molecule has 0 radical (unpaired) electrons. The summed E-state index contributed by atoms with van der Waals surface area (Å²) in [7, 11) is 0. The van der Waals surface area contributed by atoms with Crippen molar-refractivity contribution < 1.29 is 9.53 Å². The third-order valence-corrected chi connectivity index (χ3v) is 5.05. The van der Waals surface area contributed by atoms with E-state index in [4.69, 9.17) is 4.74 Å². The lowest BCUT2D eigenvalue weighted by Gasteiger charge is -2.39. The van der Waals surface area contributed by atoms with Gasteiger partial charge in [0.1, 0.15) is 5.60 Å². The normalized spacial score (nSPS) is 21.8. The van der Waals surface area contributed by atoms with Crippen LogP contribution in [0.5, 0.6) is 0 Å². The van der Waals surface area contributed by atoms with E-state index in [1.165, 1.54) is 25.7 Å². The highest BCUT2D eigenvalue weighted by Gasteiger charge is 2.33. The summed E-state index contributed by atoms with van der Waals surface area (Å²) >= 11 is 0. The van der Waals surface area contributed by atoms with E-state index in [0.29, 0.717) is 11.5 Å². The quantitative estimate of drug-likeness (QED) is 0.748. The molecular weight excluding hydrogens is 288 g/mol. The zero-order valence-corrected chi connectivity index (χ0v) is 16.3. The summed E-state index contributed by atoms with van der Waals surface area (Å²) in [6, 6.07) is 0.552. The Hall–Kier alpha value is -0.770. The van der Waals surface area contributed by atoms with Crippen LogP contribution in [-0.4, -0.2) is 29.8 Å². The van der Waals surface area contributed by atoms with Crippen molar-refractivity contribution in [2.24, 2.45) is 5.41 Å². The molecule has 1 aliphatic rings. The molecule has 1 saturated carbocycles. The first-order valence-electron chi connectivity index (χ1n) is 9.25. The van der Waals surface area contributed by atoms with Crippen molar-refractivity contribution in [3.8, 4) is 0 Å². The molecule has 0 saturated heterocycles. The number of amides is 1. The predicted molar refractivity (Wildman–Crippen MR) is 96.7 cm³/mol. The number of hydrogen-bond acceptors (Lipinski definition) is 3. The van der Waals surface area contributed by atoms with Crippen LogP contribution >= 0.6 is 0 Å². The van der Waals surface area contributed by atoms with Crippen molar-refractivity contribution in [2.45, 2.75) is 104 Å². The Morgan fingerprint density at radius 1 is 1.22 bits per heavy atom. The summed E-state index contributed by atoms with van der Waals surface area (Å²) in [5.41, 5.74) is -0.266. The van der Waals surface area contributed by atoms with Gasteiger partial charge in [-0.3, -0.25) is 0 Å². The molecule has 1 amide bonds. The number of rotatable bonds is 6. The summed E-state index contributed by atoms with van der Waals surface area (Å²) < 4.78 is 5.44. The van der Waals surface area contributed by atoms with Crippen molar-refractivity contribution in [2.75, 3.05) is 6.54 Å². The first-order chi connectivity index (χ1) is 10.5. The number of nitrogens with one attached hydrogen (secondary N) is 2. The molecule has 0 aromatic carbocycles. The predicted octanol–water partition coefficient (Wildman–Crippen LogP) is 4.63. The maximum Gasteiger partial charge on any atom is 0.408 e. The molecule has 0 spiro atoms. The maximum atomic E-state index is 12.2. The van der Waals surface area contributed by atoms with Crippen LogP contribution in [0.4, 0.5) is 4.79 Å². The average molecular weight is 327 g/mol. The Morgan fingerprint density at radius 2 is 1.83 bits per heavy atom. The third kappa shape index (κ3) is 7.11. The van der Waals surface area contributed by atoms with Gasteiger partial charge in [-0.1, -0.05) is 34.1 Å². The summed E-state index contributed by atoms with van der Waals surface area (Å²) in [4.78, 5) is 12.2. The second kappa shape index (κ2) is 7.87. The smallest absolute Gasteiger partial charge is 0.408 e. The van der Waals surface area contributed by atoms with E-state index >= 15 is 0 Å². The molecule has 1 atom stereocenters. The van der Waals surface area contributed by atoms with E-state index in [-0.39, 0.29) is 11.6 Å². The van der Waals surface area contributed by atoms with Crippen LogP contribution in [0.3, 0.4) is 0 Å². The topological polar surface area (TPSA) is 50.4 Å². The Bertz CT molecular complexity index is 381. The van der Waals surface area contributed by atoms with Crippen molar-refractivity contribution in [1.82, 2.24) is 10.6 Å². The number of carbonyl (C=O) groups excluding carboxylic acids is 1. The summed E-state index contributed by atoms with van der Waals surface area (Å²) in [5.74, 6) is 0. The molecule has 0 aromatic rings. The van der Waals surface area contributed by atoms with Gasteiger partial charge in [-0.05, 0) is 58.3 Å². The molecule has 1 rings (SSSR count). The van der Waals surface area contributed by atoms with Crippen LogP contribution < -0.4 is 10.6 Å². The van der Waals surface area contributed by atoms with Crippen molar-refractivity contribution in [1.29, 1.82) is 0 Å². The van der Waals surface area contributed by atoms with Crippen LogP contribution in [0.2, 0.25) is 0 Å². The van der Waals surface area contributed by atoms with Gasteiger partial charge in [0.25, 0.3) is 0 Å². The van der Waals surface area contributed by atoms with Crippen LogP contribution in [-0.2, 0) is 4.74 Å². The van der Waals surface area contributed by atoms with Gasteiger partial charge < -0.3 is 15.4 Å². The second-order valence-electron chi connectivity index (χ2n) is 8.95. The highest BCUT2D eigenvalue weighted by Crippen LogP contribution is 2.35. The molecule has 0 aliphatic heterocycles. The van der Waals surface area contributed by atoms with E-state index in [1.807, 2.05) is 20.8 Å². The number of hydrogen-bond donors (Lipinski definition) is 2. The Morgan fingerprint density at radius 3 is 2.30 bits per heavy atom. The first kappa shape index (κ1) is 20.3. The molecule has 0 heterocycles. The zero-order chi connectivity index (χ0) is 17.7. The van der Waals surface area contributed by atoms with Crippen LogP contribution in [0.1, 0.15) is 87.0 Å². The fourth-order valence-electron chi connectivity index (χ4n) is 3.45. The van der Waals surface area contributed by atoms with Gasteiger partial charge in [0, 0.05) is 12.6 Å². The van der Waals surface area contributed by atoms with Crippen molar-refractivity contribution >= 4 is 6.09 Å². The molecule has 23 heavy (non-hydrogen) atoms. The monoisotopic (exact) mass is 326 g/mol. The van der Waals surface area contributed by atoms with Gasteiger partial charge in [-0.15, -0.1) is 0 Å². The highest BCUT2D eigenvalue weighted by molar-refractivity contribution is 5.68. The molecule has 1 aliphatic carbocycles. The van der Waals surface area contributed by atoms with Gasteiger partial charge in [0.05, 0.1) is 5.54 Å². The molecular formula is C19H38N2O2. The minimum absolute atomic E-state index is 0.232. The fraction of sp³-hybridized carbons (Fsp3) is 0.947. The first-order valence-corrected chi connectivity index (χ1v) is 9.25. The van der Waals surface area contributed by atoms with Gasteiger partial charge in [-0.2, -0.15) is 0 Å². The molecule has 1 unspecified atom stereocenters. The Labute approximate surface area is 143 Å². The second-order valence-corrected chi connectivity index (χ2v) is 8.95. The zero-order valence-electron chi connectivity index (χ0n) is 16.3. The summed E-state index contributed by atoms with van der Waals surface area (Å²) in [5, 5.41) is 6.84. The van der Waals surface area contributed by atoms with Crippen LogP contribution in [0.15, 0.2) is 0 Å². The molecule has 0 aromatic heterocycles. The van der Waals surface area contributed by atoms with E-state index < -0.39 is 5.60 Å². The minimum Gasteiger partial charge on any atom is -0.444 e. The SMILES string of the molecule is CCC(CC)(CNC1CCCC(C)(C)C1)NC(=O)OC(C)(C)C. The summed E-state index contributed by atoms with van der Waals surface area (Å²) in [6.07, 6.45) is 6.52. The molecule has 4 heteroatoms. The average Bonchev–Trinajstić information content (AvgIpc) is 2.40. The highest BCUT2D eigenvalue weighted by atomic mass is 16.6. The van der Waals surface area contributed by atoms with Crippen LogP contribution in [0, 0.1) is 5.41 Å². The lowest BCUT2D eigenvalue weighted by molar-refractivity contribution is 0.0440. The third-order valence-electron chi connectivity index (χ3n) is 5.05. The Balaban J connectivity index is 2.61. The van der Waals surface area contributed by atoms with Gasteiger partial charge >= 0.3 is 6.09 Å². The standard InChI is InChI=1S/C19H38N2O2/c1-8-19(9-2,21-16(22)23-17(3,4)5)14-20-15-11-10-12-18(6,7)13-15/h15,20H,8-14H2,1-7H3,(H,21,22). The lowest BCUT2D eigenvalue weighted by Crippen LogP contribution is -2.57. The molecule has 2 N–H and O–H groups in total. The lowest BCUT2D eigenvalue weighted by atomic mass is 9.75. The van der Waals surface area contributed by atoms with E-state index in [2.05, 4.69) is 38.3 Å². The summed E-state index contributed by atoms with van der Waals surface area (Å²) in [6.45, 7) is 15.5. The van der Waals surface area contributed by atoms with E-state index in [9.17, 15) is 4.79 Å². The maximum absolute atomic E-state index is 12.2. The van der Waals surface area contributed by atoms with Gasteiger partial charge in [-0.25, -0.2) is 4.79 Å². The largest absolute Gasteiger partial charge is 0.444 e. The van der Waals surface area contributed by atoms with E-state index in [1.54, 1.807) is 0 Å². The minimum atomic E-state index is -0.460. The number of ether oxygens (including phenoxy) is 1. The number of carbonyl (C=O) groups is 1. The van der Waals surface area contributed by atoms with Gasteiger partial charge in [0.15, 0.2) is 0 Å². The van der Waals surface area contributed by atoms with Crippen molar-refractivity contribution in [3.63, 3.8) is 0 Å². The van der Waals surface area contributed by atoms with E-state index in [0.717, 1.165) is 19.4 Å². The van der Waals surface area contributed by atoms with Crippen LogP contribution in [0.25, 0.3) is 0 Å². The molecule has 0 bridgehead atoms. The van der Waals surface area contributed by atoms with Crippen molar-refractivity contribution in [3.05, 3.63) is 0 Å². The number of alkyl carbamates (subject to hydrolysis) is 1. The molecule has 136 valence electrons.